The topological polar surface area (TPSA) is 72.1 Å². The van der Waals surface area contributed by atoms with Gasteiger partial charge in [-0.05, 0) is 18.2 Å². The van der Waals surface area contributed by atoms with Gasteiger partial charge < -0.3 is 9.72 Å². The Morgan fingerprint density at radius 2 is 1.95 bits per heavy atom. The molecule has 6 heteroatoms. The maximum absolute atomic E-state index is 12.5. The van der Waals surface area contributed by atoms with E-state index in [1.165, 1.54) is 6.20 Å². The van der Waals surface area contributed by atoms with Crippen LogP contribution in [0.4, 0.5) is 0 Å². The van der Waals surface area contributed by atoms with Crippen molar-refractivity contribution in [3.8, 4) is 16.9 Å². The number of hydrogen-bond donors (Lipinski definition) is 1. The lowest BCUT2D eigenvalue weighted by Crippen LogP contribution is -2.16. The molecule has 0 amide bonds. The lowest BCUT2D eigenvalue weighted by atomic mass is 10.0. The molecule has 0 fully saturated rings. The molecule has 2 heterocycles. The largest absolute Gasteiger partial charge is 0.497 e. The highest BCUT2D eigenvalue weighted by atomic mass is 35.5. The average Bonchev–Trinajstić information content (AvgIpc) is 2.82. The molecule has 2 aromatic heterocycles. The van der Waals surface area contributed by atoms with Crippen LogP contribution in [-0.2, 0) is 0 Å². The molecule has 0 aliphatic heterocycles. The predicted octanol–water partition coefficient (Wildman–Crippen LogP) is 2.80. The van der Waals surface area contributed by atoms with Crippen LogP contribution >= 0.6 is 11.6 Å². The van der Waals surface area contributed by atoms with E-state index in [-0.39, 0.29) is 16.5 Å². The number of H-pyrrole nitrogens is 1. The van der Waals surface area contributed by atoms with Crippen molar-refractivity contribution in [3.63, 3.8) is 0 Å². The Hall–Kier alpha value is -2.66. The van der Waals surface area contributed by atoms with E-state index in [1.54, 1.807) is 31.4 Å². The molecule has 4 rings (SSSR count). The summed E-state index contributed by atoms with van der Waals surface area (Å²) in [6.07, 6.45) is 1.46. The van der Waals surface area contributed by atoms with E-state index in [2.05, 4.69) is 9.97 Å². The summed E-state index contributed by atoms with van der Waals surface area (Å²) in [5.41, 5.74) is 1.73. The molecule has 22 heavy (non-hydrogen) atoms. The summed E-state index contributed by atoms with van der Waals surface area (Å²) in [6.45, 7) is 0. The van der Waals surface area contributed by atoms with Crippen LogP contribution in [0.2, 0.25) is 5.15 Å². The summed E-state index contributed by atoms with van der Waals surface area (Å²) in [4.78, 5) is 31.6. The van der Waals surface area contributed by atoms with Crippen LogP contribution in [0.3, 0.4) is 0 Å². The van der Waals surface area contributed by atoms with Crippen molar-refractivity contribution in [2.75, 3.05) is 7.11 Å². The molecule has 1 aliphatic rings. The standard InChI is InChI=1S/C16H9ClN2O3/c1-22-7-2-3-8-10(6-7)19-16(21)13-11(8)12-9(14(13)20)4-5-18-15(12)17/h2-6H,1H3,(H,19,21). The molecule has 1 N–H and O–H groups in total. The first-order valence-electron chi connectivity index (χ1n) is 6.55. The van der Waals surface area contributed by atoms with Gasteiger partial charge in [0.05, 0.1) is 18.2 Å². The molecule has 0 unspecified atom stereocenters. The summed E-state index contributed by atoms with van der Waals surface area (Å²) in [5.74, 6) is 0.290. The van der Waals surface area contributed by atoms with Gasteiger partial charge in [0.2, 0.25) is 0 Å². The van der Waals surface area contributed by atoms with Crippen LogP contribution in [0.25, 0.3) is 22.0 Å². The lowest BCUT2D eigenvalue weighted by molar-refractivity contribution is 0.104. The molecular weight excluding hydrogens is 304 g/mol. The number of benzene rings is 1. The van der Waals surface area contributed by atoms with Gasteiger partial charge in [0.25, 0.3) is 5.56 Å². The number of fused-ring (bicyclic) bond motifs is 5. The highest BCUT2D eigenvalue weighted by molar-refractivity contribution is 6.37. The number of carbonyl (C=O) groups excluding carboxylic acids is 1. The van der Waals surface area contributed by atoms with E-state index < -0.39 is 5.56 Å². The van der Waals surface area contributed by atoms with Gasteiger partial charge in [0.1, 0.15) is 10.9 Å². The second kappa shape index (κ2) is 4.42. The van der Waals surface area contributed by atoms with E-state index in [0.717, 1.165) is 5.39 Å². The molecule has 1 aliphatic carbocycles. The van der Waals surface area contributed by atoms with Crippen molar-refractivity contribution < 1.29 is 9.53 Å². The van der Waals surface area contributed by atoms with Crippen molar-refractivity contribution >= 4 is 28.3 Å². The second-order valence-corrected chi connectivity index (χ2v) is 5.33. The summed E-state index contributed by atoms with van der Waals surface area (Å²) < 4.78 is 5.17. The van der Waals surface area contributed by atoms with Gasteiger partial charge >= 0.3 is 0 Å². The Morgan fingerprint density at radius 1 is 1.14 bits per heavy atom. The number of pyridine rings is 2. The average molecular weight is 313 g/mol. The fraction of sp³-hybridized carbons (Fsp3) is 0.0625. The quantitative estimate of drug-likeness (QED) is 0.549. The van der Waals surface area contributed by atoms with Gasteiger partial charge in [-0.2, -0.15) is 0 Å². The molecule has 3 aromatic rings. The van der Waals surface area contributed by atoms with E-state index in [4.69, 9.17) is 16.3 Å². The minimum absolute atomic E-state index is 0.113. The Kier molecular flexibility index (Phi) is 2.62. The zero-order valence-corrected chi connectivity index (χ0v) is 12.2. The third-order valence-corrected chi connectivity index (χ3v) is 4.13. The van der Waals surface area contributed by atoms with E-state index >= 15 is 0 Å². The van der Waals surface area contributed by atoms with Crippen molar-refractivity contribution in [3.05, 3.63) is 57.1 Å². The van der Waals surface area contributed by atoms with Gasteiger partial charge in [-0.3, -0.25) is 9.59 Å². The fourth-order valence-electron chi connectivity index (χ4n) is 2.88. The molecule has 0 saturated carbocycles. The van der Waals surface area contributed by atoms with Crippen molar-refractivity contribution in [1.29, 1.82) is 0 Å². The molecule has 0 saturated heterocycles. The maximum atomic E-state index is 12.5. The number of aromatic amines is 1. The highest BCUT2D eigenvalue weighted by Gasteiger charge is 2.33. The zero-order chi connectivity index (χ0) is 15.4. The second-order valence-electron chi connectivity index (χ2n) is 4.97. The summed E-state index contributed by atoms with van der Waals surface area (Å²) in [6, 6.07) is 6.87. The minimum Gasteiger partial charge on any atom is -0.497 e. The number of methoxy groups -OCH3 is 1. The first-order valence-corrected chi connectivity index (χ1v) is 6.93. The number of nitrogens with zero attached hydrogens (tertiary/aromatic N) is 1. The van der Waals surface area contributed by atoms with Crippen LogP contribution in [0.5, 0.6) is 5.75 Å². The Bertz CT molecular complexity index is 1020. The molecule has 108 valence electrons. The molecule has 0 bridgehead atoms. The number of ketones is 1. The summed E-state index contributed by atoms with van der Waals surface area (Å²) in [7, 11) is 1.55. The van der Waals surface area contributed by atoms with Crippen molar-refractivity contribution in [2.24, 2.45) is 0 Å². The molecule has 0 radical (unpaired) electrons. The van der Waals surface area contributed by atoms with Crippen LogP contribution in [0, 0.1) is 0 Å². The molecule has 0 spiro atoms. The number of nitrogens with one attached hydrogen (secondary N) is 1. The van der Waals surface area contributed by atoms with Gasteiger partial charge in [0.15, 0.2) is 5.78 Å². The first-order chi connectivity index (χ1) is 10.6. The van der Waals surface area contributed by atoms with Gasteiger partial charge in [-0.15, -0.1) is 0 Å². The Labute approximate surface area is 129 Å². The number of rotatable bonds is 1. The van der Waals surface area contributed by atoms with Gasteiger partial charge in [-0.1, -0.05) is 11.6 Å². The minimum atomic E-state index is -0.437. The van der Waals surface area contributed by atoms with Crippen LogP contribution < -0.4 is 10.3 Å². The maximum Gasteiger partial charge on any atom is 0.260 e. The third-order valence-electron chi connectivity index (χ3n) is 3.85. The normalized spacial score (nSPS) is 12.4. The molecule has 5 nitrogen and oxygen atoms in total. The molecule has 0 atom stereocenters. The highest BCUT2D eigenvalue weighted by Crippen LogP contribution is 2.42. The lowest BCUT2D eigenvalue weighted by Gasteiger charge is -2.08. The van der Waals surface area contributed by atoms with Gasteiger partial charge in [-0.25, -0.2) is 4.98 Å². The summed E-state index contributed by atoms with van der Waals surface area (Å²) >= 11 is 6.17. The monoisotopic (exact) mass is 312 g/mol. The Morgan fingerprint density at radius 3 is 2.73 bits per heavy atom. The van der Waals surface area contributed by atoms with E-state index in [0.29, 0.717) is 28.0 Å². The number of halogens is 1. The van der Waals surface area contributed by atoms with Crippen LogP contribution in [0.15, 0.2) is 35.3 Å². The van der Waals surface area contributed by atoms with Crippen molar-refractivity contribution in [1.82, 2.24) is 9.97 Å². The first kappa shape index (κ1) is 13.0. The smallest absolute Gasteiger partial charge is 0.260 e. The molecular formula is C16H9ClN2O3. The number of aromatic nitrogens is 2. The zero-order valence-electron chi connectivity index (χ0n) is 11.4. The number of carbonyl (C=O) groups is 1. The SMILES string of the molecule is COc1ccc2c3c(c(=O)[nH]c2c1)C(=O)c1ccnc(Cl)c1-3. The van der Waals surface area contributed by atoms with E-state index in [1.807, 2.05) is 0 Å². The van der Waals surface area contributed by atoms with E-state index in [9.17, 15) is 9.59 Å². The third kappa shape index (κ3) is 1.57. The number of ether oxygens (including phenoxy) is 1. The predicted molar refractivity (Wildman–Crippen MR) is 82.8 cm³/mol. The van der Waals surface area contributed by atoms with Gasteiger partial charge in [0, 0.05) is 34.3 Å². The summed E-state index contributed by atoms with van der Waals surface area (Å²) in [5, 5.41) is 0.949. The van der Waals surface area contributed by atoms with Crippen LogP contribution in [0.1, 0.15) is 15.9 Å². The number of hydrogen-bond acceptors (Lipinski definition) is 4. The van der Waals surface area contributed by atoms with Crippen molar-refractivity contribution in [2.45, 2.75) is 0 Å². The van der Waals surface area contributed by atoms with Crippen LogP contribution in [-0.4, -0.2) is 22.9 Å². The fourth-order valence-corrected chi connectivity index (χ4v) is 3.13. The molecule has 1 aromatic carbocycles. The Balaban J connectivity index is 2.22.